The van der Waals surface area contributed by atoms with Gasteiger partial charge in [0.25, 0.3) is 5.91 Å². The molecule has 1 amide bonds. The summed E-state index contributed by atoms with van der Waals surface area (Å²) >= 11 is 7.65. The highest BCUT2D eigenvalue weighted by atomic mass is 35.5. The third-order valence-corrected chi connectivity index (χ3v) is 5.26. The SMILES string of the molecule is CN(C)CCCN(C(=O)c1ccc(F)cc1)c1nc2c(Cl)cccc2s1.Cl. The van der Waals surface area contributed by atoms with Gasteiger partial charge in [0, 0.05) is 12.1 Å². The number of nitrogens with zero attached hydrogens (tertiary/aromatic N) is 3. The van der Waals surface area contributed by atoms with E-state index in [9.17, 15) is 9.18 Å². The van der Waals surface area contributed by atoms with Gasteiger partial charge >= 0.3 is 0 Å². The van der Waals surface area contributed by atoms with E-state index in [1.54, 1.807) is 11.0 Å². The Morgan fingerprint density at radius 1 is 1.15 bits per heavy atom. The van der Waals surface area contributed by atoms with Crippen LogP contribution in [0.5, 0.6) is 0 Å². The van der Waals surface area contributed by atoms with E-state index in [1.165, 1.54) is 35.6 Å². The number of halogens is 3. The van der Waals surface area contributed by atoms with Gasteiger partial charge in [0.15, 0.2) is 5.13 Å². The third kappa shape index (κ3) is 5.17. The Morgan fingerprint density at radius 3 is 2.48 bits per heavy atom. The fraction of sp³-hybridized carbons (Fsp3) is 0.263. The maximum atomic E-state index is 13.2. The van der Waals surface area contributed by atoms with E-state index < -0.39 is 0 Å². The molecule has 3 aromatic rings. The van der Waals surface area contributed by atoms with Crippen LogP contribution in [0.2, 0.25) is 5.02 Å². The molecule has 8 heteroatoms. The first-order chi connectivity index (χ1) is 12.5. The zero-order valence-corrected chi connectivity index (χ0v) is 17.4. The van der Waals surface area contributed by atoms with Gasteiger partial charge in [-0.25, -0.2) is 9.37 Å². The molecular formula is C19H20Cl2FN3OS. The number of aromatic nitrogens is 1. The number of fused-ring (bicyclic) bond motifs is 1. The van der Waals surface area contributed by atoms with E-state index in [0.717, 1.165) is 17.7 Å². The highest BCUT2D eigenvalue weighted by Gasteiger charge is 2.21. The summed E-state index contributed by atoms with van der Waals surface area (Å²) in [6.45, 7) is 1.37. The molecule has 4 nitrogen and oxygen atoms in total. The second kappa shape index (κ2) is 9.46. The van der Waals surface area contributed by atoms with E-state index >= 15 is 0 Å². The molecule has 2 aromatic carbocycles. The van der Waals surface area contributed by atoms with Gasteiger partial charge < -0.3 is 4.90 Å². The summed E-state index contributed by atoms with van der Waals surface area (Å²) in [6, 6.07) is 11.2. The van der Waals surface area contributed by atoms with Crippen LogP contribution < -0.4 is 4.90 Å². The Bertz CT molecular complexity index is 915. The van der Waals surface area contributed by atoms with Crippen molar-refractivity contribution in [2.75, 3.05) is 32.1 Å². The summed E-state index contributed by atoms with van der Waals surface area (Å²) in [6.07, 6.45) is 0.795. The molecule has 0 aliphatic heterocycles. The first kappa shape index (κ1) is 21.6. The van der Waals surface area contributed by atoms with E-state index in [4.69, 9.17) is 11.6 Å². The predicted molar refractivity (Wildman–Crippen MR) is 113 cm³/mol. The molecule has 0 aliphatic carbocycles. The molecule has 0 spiro atoms. The number of amides is 1. The van der Waals surface area contributed by atoms with Crippen molar-refractivity contribution in [3.8, 4) is 0 Å². The van der Waals surface area contributed by atoms with Crippen molar-refractivity contribution in [2.24, 2.45) is 0 Å². The first-order valence-electron chi connectivity index (χ1n) is 8.23. The molecule has 0 bridgehead atoms. The maximum Gasteiger partial charge on any atom is 0.260 e. The van der Waals surface area contributed by atoms with Crippen LogP contribution >= 0.6 is 35.3 Å². The number of benzene rings is 2. The summed E-state index contributed by atoms with van der Waals surface area (Å²) in [7, 11) is 3.98. The second-order valence-electron chi connectivity index (χ2n) is 6.20. The molecule has 0 radical (unpaired) electrons. The molecule has 0 saturated heterocycles. The van der Waals surface area contributed by atoms with Gasteiger partial charge in [-0.05, 0) is 63.5 Å². The summed E-state index contributed by atoms with van der Waals surface area (Å²) in [5, 5.41) is 1.16. The van der Waals surface area contributed by atoms with E-state index in [0.29, 0.717) is 27.8 Å². The summed E-state index contributed by atoms with van der Waals surface area (Å²) in [5.41, 5.74) is 1.13. The normalized spacial score (nSPS) is 10.9. The van der Waals surface area contributed by atoms with Crippen LogP contribution in [-0.4, -0.2) is 43.0 Å². The van der Waals surface area contributed by atoms with Gasteiger partial charge in [-0.15, -0.1) is 12.4 Å². The Kier molecular flexibility index (Phi) is 7.56. The number of carbonyl (C=O) groups is 1. The van der Waals surface area contributed by atoms with E-state index in [-0.39, 0.29) is 24.1 Å². The van der Waals surface area contributed by atoms with E-state index in [2.05, 4.69) is 9.88 Å². The summed E-state index contributed by atoms with van der Waals surface area (Å²) in [5.74, 6) is -0.564. The Morgan fingerprint density at radius 2 is 1.85 bits per heavy atom. The Labute approximate surface area is 173 Å². The van der Waals surface area contributed by atoms with Crippen molar-refractivity contribution in [3.63, 3.8) is 0 Å². The van der Waals surface area contributed by atoms with Crippen LogP contribution in [0, 0.1) is 5.82 Å². The number of hydrogen-bond acceptors (Lipinski definition) is 4. The topological polar surface area (TPSA) is 36.4 Å². The number of carbonyl (C=O) groups excluding carboxylic acids is 1. The molecule has 27 heavy (non-hydrogen) atoms. The van der Waals surface area contributed by atoms with E-state index in [1.807, 2.05) is 26.2 Å². The number of para-hydroxylation sites is 1. The molecule has 1 heterocycles. The Balaban J connectivity index is 0.00000261. The minimum atomic E-state index is -0.368. The lowest BCUT2D eigenvalue weighted by Crippen LogP contribution is -2.33. The summed E-state index contributed by atoms with van der Waals surface area (Å²) in [4.78, 5) is 21.3. The van der Waals surface area contributed by atoms with Crippen LogP contribution in [0.3, 0.4) is 0 Å². The zero-order valence-electron chi connectivity index (χ0n) is 15.0. The van der Waals surface area contributed by atoms with Crippen molar-refractivity contribution in [2.45, 2.75) is 6.42 Å². The third-order valence-electron chi connectivity index (χ3n) is 3.91. The van der Waals surface area contributed by atoms with Crippen LogP contribution in [-0.2, 0) is 0 Å². The lowest BCUT2D eigenvalue weighted by molar-refractivity contribution is 0.0986. The summed E-state index contributed by atoms with van der Waals surface area (Å²) < 4.78 is 14.1. The van der Waals surface area contributed by atoms with Crippen LogP contribution in [0.15, 0.2) is 42.5 Å². The average molecular weight is 428 g/mol. The van der Waals surface area contributed by atoms with Crippen molar-refractivity contribution < 1.29 is 9.18 Å². The molecule has 3 rings (SSSR count). The van der Waals surface area contributed by atoms with Gasteiger partial charge in [-0.3, -0.25) is 9.69 Å². The lowest BCUT2D eigenvalue weighted by atomic mass is 10.2. The van der Waals surface area contributed by atoms with Gasteiger partial charge in [-0.1, -0.05) is 29.0 Å². The lowest BCUT2D eigenvalue weighted by Gasteiger charge is -2.21. The Hall–Kier alpha value is -1.73. The number of hydrogen-bond donors (Lipinski definition) is 0. The molecule has 0 fully saturated rings. The van der Waals surface area contributed by atoms with Gasteiger partial charge in [-0.2, -0.15) is 0 Å². The van der Waals surface area contributed by atoms with Crippen LogP contribution in [0.25, 0.3) is 10.2 Å². The smallest absolute Gasteiger partial charge is 0.260 e. The monoisotopic (exact) mass is 427 g/mol. The molecule has 0 N–H and O–H groups in total. The van der Waals surface area contributed by atoms with Crippen molar-refractivity contribution in [1.82, 2.24) is 9.88 Å². The standard InChI is InChI=1S/C19H19ClFN3OS.ClH/c1-23(2)11-4-12-24(18(25)13-7-9-14(21)10-8-13)19-22-17-15(20)5-3-6-16(17)26-19;/h3,5-10H,4,11-12H2,1-2H3;1H. The second-order valence-corrected chi connectivity index (χ2v) is 7.62. The fourth-order valence-corrected chi connectivity index (χ4v) is 3.89. The van der Waals surface area contributed by atoms with Crippen LogP contribution in [0.1, 0.15) is 16.8 Å². The highest BCUT2D eigenvalue weighted by molar-refractivity contribution is 7.22. The molecule has 144 valence electrons. The maximum absolute atomic E-state index is 13.2. The highest BCUT2D eigenvalue weighted by Crippen LogP contribution is 2.33. The fourth-order valence-electron chi connectivity index (χ4n) is 2.60. The molecule has 0 unspecified atom stereocenters. The quantitative estimate of drug-likeness (QED) is 0.548. The predicted octanol–water partition coefficient (Wildman–Crippen LogP) is 5.11. The number of anilines is 1. The minimum Gasteiger partial charge on any atom is -0.309 e. The van der Waals surface area contributed by atoms with Crippen LogP contribution in [0.4, 0.5) is 9.52 Å². The first-order valence-corrected chi connectivity index (χ1v) is 9.42. The van der Waals surface area contributed by atoms with Crippen molar-refractivity contribution in [3.05, 3.63) is 58.9 Å². The minimum absolute atomic E-state index is 0. The van der Waals surface area contributed by atoms with Crippen molar-refractivity contribution in [1.29, 1.82) is 0 Å². The van der Waals surface area contributed by atoms with Gasteiger partial charge in [0.05, 0.1) is 9.72 Å². The van der Waals surface area contributed by atoms with Gasteiger partial charge in [0.2, 0.25) is 0 Å². The molecular weight excluding hydrogens is 408 g/mol. The molecule has 0 aliphatic rings. The zero-order chi connectivity index (χ0) is 18.7. The number of rotatable bonds is 6. The molecule has 0 saturated carbocycles. The van der Waals surface area contributed by atoms with Gasteiger partial charge in [0.1, 0.15) is 11.3 Å². The van der Waals surface area contributed by atoms with Crippen molar-refractivity contribution >= 4 is 56.6 Å². The molecule has 1 aromatic heterocycles. The molecule has 0 atom stereocenters. The average Bonchev–Trinajstić information content (AvgIpc) is 3.04. The largest absolute Gasteiger partial charge is 0.309 e. The number of thiazole rings is 1.